The molecule has 0 aliphatic heterocycles. The van der Waals surface area contributed by atoms with E-state index in [1.54, 1.807) is 0 Å². The molecule has 2 rings (SSSR count). The number of benzene rings is 1. The smallest absolute Gasteiger partial charge is 0.207 e. The van der Waals surface area contributed by atoms with Gasteiger partial charge in [0.25, 0.3) is 0 Å². The van der Waals surface area contributed by atoms with Gasteiger partial charge >= 0.3 is 0 Å². The highest BCUT2D eigenvalue weighted by molar-refractivity contribution is 9.10. The van der Waals surface area contributed by atoms with E-state index in [1.807, 2.05) is 19.1 Å². The van der Waals surface area contributed by atoms with E-state index >= 15 is 0 Å². The minimum atomic E-state index is -0.0515. The van der Waals surface area contributed by atoms with E-state index in [2.05, 4.69) is 26.1 Å². The standard InChI is InChI=1S/C9H7BrN2O/c1-5-2-6-8(3-7(5)10)12-11-4-9(6)13/h2-4H,1H3,(H,12,13). The van der Waals surface area contributed by atoms with Crippen LogP contribution in [0.5, 0.6) is 0 Å². The molecule has 4 heteroatoms. The summed E-state index contributed by atoms with van der Waals surface area (Å²) in [5, 5.41) is 7.18. The Morgan fingerprint density at radius 3 is 3.00 bits per heavy atom. The number of hydrogen-bond acceptors (Lipinski definition) is 2. The van der Waals surface area contributed by atoms with Crippen molar-refractivity contribution in [2.24, 2.45) is 0 Å². The number of rotatable bonds is 0. The largest absolute Gasteiger partial charge is 0.287 e. The zero-order valence-electron chi connectivity index (χ0n) is 6.97. The molecule has 0 saturated heterocycles. The predicted molar refractivity (Wildman–Crippen MR) is 54.8 cm³/mol. The molecule has 0 unspecified atom stereocenters. The summed E-state index contributed by atoms with van der Waals surface area (Å²) in [4.78, 5) is 11.3. The molecule has 0 spiro atoms. The first-order valence-corrected chi connectivity index (χ1v) is 4.61. The van der Waals surface area contributed by atoms with Gasteiger partial charge in [0, 0.05) is 9.86 Å². The summed E-state index contributed by atoms with van der Waals surface area (Å²) in [5.41, 5.74) is 1.75. The lowest BCUT2D eigenvalue weighted by Gasteiger charge is -2.00. The zero-order chi connectivity index (χ0) is 9.42. The Hall–Kier alpha value is -1.16. The topological polar surface area (TPSA) is 45.8 Å². The molecule has 0 saturated carbocycles. The minimum absolute atomic E-state index is 0.0515. The summed E-state index contributed by atoms with van der Waals surface area (Å²) < 4.78 is 0.976. The Bertz CT molecular complexity index is 518. The summed E-state index contributed by atoms with van der Waals surface area (Å²) in [6.07, 6.45) is 1.29. The van der Waals surface area contributed by atoms with Crippen LogP contribution in [0.2, 0.25) is 0 Å². The molecule has 0 aliphatic rings. The number of hydrogen-bond donors (Lipinski definition) is 1. The molecule has 0 atom stereocenters. The first-order chi connectivity index (χ1) is 6.18. The van der Waals surface area contributed by atoms with Crippen LogP contribution >= 0.6 is 15.9 Å². The van der Waals surface area contributed by atoms with Crippen LogP contribution in [0.3, 0.4) is 0 Å². The van der Waals surface area contributed by atoms with Crippen LogP contribution in [0.25, 0.3) is 10.9 Å². The lowest BCUT2D eigenvalue weighted by atomic mass is 10.1. The van der Waals surface area contributed by atoms with Crippen molar-refractivity contribution >= 4 is 26.8 Å². The van der Waals surface area contributed by atoms with Crippen LogP contribution in [0, 0.1) is 6.92 Å². The fourth-order valence-electron chi connectivity index (χ4n) is 1.21. The van der Waals surface area contributed by atoms with Crippen LogP contribution in [0.1, 0.15) is 5.56 Å². The third-order valence-corrected chi connectivity index (χ3v) is 2.79. The molecule has 2 aromatic rings. The molecule has 3 nitrogen and oxygen atoms in total. The maximum atomic E-state index is 11.3. The Morgan fingerprint density at radius 2 is 2.23 bits per heavy atom. The van der Waals surface area contributed by atoms with Gasteiger partial charge in [-0.25, -0.2) is 0 Å². The van der Waals surface area contributed by atoms with Gasteiger partial charge in [-0.2, -0.15) is 5.10 Å². The highest BCUT2D eigenvalue weighted by atomic mass is 79.9. The van der Waals surface area contributed by atoms with E-state index in [9.17, 15) is 4.79 Å². The number of H-pyrrole nitrogens is 1. The van der Waals surface area contributed by atoms with Crippen LogP contribution in [-0.4, -0.2) is 10.2 Å². The van der Waals surface area contributed by atoms with Gasteiger partial charge < -0.3 is 0 Å². The van der Waals surface area contributed by atoms with Crippen molar-refractivity contribution in [1.29, 1.82) is 0 Å². The average molecular weight is 239 g/mol. The maximum Gasteiger partial charge on any atom is 0.207 e. The SMILES string of the molecule is Cc1cc2c(=O)cn[nH]c2cc1Br. The first kappa shape index (κ1) is 8.44. The third kappa shape index (κ3) is 1.37. The quantitative estimate of drug-likeness (QED) is 0.764. The second-order valence-corrected chi connectivity index (χ2v) is 3.74. The molecule has 0 aliphatic carbocycles. The number of halogens is 1. The van der Waals surface area contributed by atoms with Crippen molar-refractivity contribution in [1.82, 2.24) is 10.2 Å². The fourth-order valence-corrected chi connectivity index (χ4v) is 1.55. The summed E-state index contributed by atoms with van der Waals surface area (Å²) in [6.45, 7) is 1.95. The van der Waals surface area contributed by atoms with Crippen molar-refractivity contribution in [2.75, 3.05) is 0 Å². The Labute approximate surface area is 82.9 Å². The number of nitrogens with zero attached hydrogens (tertiary/aromatic N) is 1. The molecule has 1 aromatic carbocycles. The monoisotopic (exact) mass is 238 g/mol. The Kier molecular flexibility index (Phi) is 1.92. The molecule has 0 bridgehead atoms. The van der Waals surface area contributed by atoms with Gasteiger partial charge in [0.2, 0.25) is 5.43 Å². The zero-order valence-corrected chi connectivity index (χ0v) is 8.55. The summed E-state index contributed by atoms with van der Waals surface area (Å²) in [6, 6.07) is 3.71. The normalized spacial score (nSPS) is 10.6. The lowest BCUT2D eigenvalue weighted by molar-refractivity contribution is 1.06. The second-order valence-electron chi connectivity index (χ2n) is 2.88. The van der Waals surface area contributed by atoms with Gasteiger partial charge in [-0.3, -0.25) is 9.89 Å². The number of aromatic amines is 1. The van der Waals surface area contributed by atoms with Crippen molar-refractivity contribution in [2.45, 2.75) is 6.92 Å². The predicted octanol–water partition coefficient (Wildman–Crippen LogP) is 1.99. The number of fused-ring (bicyclic) bond motifs is 1. The first-order valence-electron chi connectivity index (χ1n) is 3.82. The van der Waals surface area contributed by atoms with E-state index < -0.39 is 0 Å². The van der Waals surface area contributed by atoms with Crippen molar-refractivity contribution < 1.29 is 0 Å². The molecule has 1 heterocycles. The third-order valence-electron chi connectivity index (χ3n) is 1.93. The minimum Gasteiger partial charge on any atom is -0.287 e. The van der Waals surface area contributed by atoms with Crippen LogP contribution in [0.15, 0.2) is 27.6 Å². The van der Waals surface area contributed by atoms with Crippen molar-refractivity contribution in [3.05, 3.63) is 38.6 Å². The molecule has 0 amide bonds. The Morgan fingerprint density at radius 1 is 1.46 bits per heavy atom. The van der Waals surface area contributed by atoms with E-state index in [1.165, 1.54) is 6.20 Å². The van der Waals surface area contributed by atoms with E-state index in [0.29, 0.717) is 5.39 Å². The van der Waals surface area contributed by atoms with Gasteiger partial charge in [0.15, 0.2) is 0 Å². The summed E-state index contributed by atoms with van der Waals surface area (Å²) in [7, 11) is 0. The van der Waals surface area contributed by atoms with Crippen LogP contribution in [0.4, 0.5) is 0 Å². The molecular weight excluding hydrogens is 232 g/mol. The van der Waals surface area contributed by atoms with Crippen molar-refractivity contribution in [3.8, 4) is 0 Å². The molecule has 0 fully saturated rings. The van der Waals surface area contributed by atoms with Crippen LogP contribution < -0.4 is 5.43 Å². The van der Waals surface area contributed by atoms with Gasteiger partial charge in [0.05, 0.1) is 11.7 Å². The van der Waals surface area contributed by atoms with E-state index in [-0.39, 0.29) is 5.43 Å². The number of aryl methyl sites for hydroxylation is 1. The van der Waals surface area contributed by atoms with E-state index in [0.717, 1.165) is 15.6 Å². The fraction of sp³-hybridized carbons (Fsp3) is 0.111. The lowest BCUT2D eigenvalue weighted by Crippen LogP contribution is -2.03. The molecular formula is C9H7BrN2O. The molecule has 13 heavy (non-hydrogen) atoms. The summed E-state index contributed by atoms with van der Waals surface area (Å²) >= 11 is 3.39. The van der Waals surface area contributed by atoms with Gasteiger partial charge in [-0.15, -0.1) is 0 Å². The highest BCUT2D eigenvalue weighted by Gasteiger charge is 2.01. The van der Waals surface area contributed by atoms with Crippen LogP contribution in [-0.2, 0) is 0 Å². The van der Waals surface area contributed by atoms with E-state index in [4.69, 9.17) is 0 Å². The van der Waals surface area contributed by atoms with Gasteiger partial charge in [-0.1, -0.05) is 15.9 Å². The number of nitrogens with one attached hydrogen (secondary N) is 1. The highest BCUT2D eigenvalue weighted by Crippen LogP contribution is 2.19. The average Bonchev–Trinajstić information content (AvgIpc) is 2.09. The van der Waals surface area contributed by atoms with Gasteiger partial charge in [-0.05, 0) is 24.6 Å². The molecule has 1 aromatic heterocycles. The molecule has 0 radical (unpaired) electrons. The molecule has 66 valence electrons. The Balaban J connectivity index is 2.97. The number of aromatic nitrogens is 2. The maximum absolute atomic E-state index is 11.3. The summed E-state index contributed by atoms with van der Waals surface area (Å²) in [5.74, 6) is 0. The van der Waals surface area contributed by atoms with Crippen molar-refractivity contribution in [3.63, 3.8) is 0 Å². The second kappa shape index (κ2) is 2.96. The molecule has 1 N–H and O–H groups in total. The van der Waals surface area contributed by atoms with Gasteiger partial charge in [0.1, 0.15) is 0 Å².